The Kier molecular flexibility index (Phi) is 7.62. The molecule has 4 nitrogen and oxygen atoms in total. The van der Waals surface area contributed by atoms with E-state index in [1.54, 1.807) is 0 Å². The zero-order chi connectivity index (χ0) is 15.3. The number of aliphatic hydroxyl groups excluding tert-OH is 1. The van der Waals surface area contributed by atoms with Gasteiger partial charge >= 0.3 is 0 Å². The first kappa shape index (κ1) is 19.2. The van der Waals surface area contributed by atoms with Crippen molar-refractivity contribution in [2.24, 2.45) is 4.99 Å². The number of nitrogens with one attached hydrogen (secondary N) is 1. The second-order valence-electron chi connectivity index (χ2n) is 6.31. The van der Waals surface area contributed by atoms with Crippen molar-refractivity contribution in [2.75, 3.05) is 26.2 Å². The molecule has 1 aliphatic rings. The number of hydrogen-bond acceptors (Lipinski definition) is 2. The standard InChI is InChI=1S/C17H27N3O.HI/c1-4-18-16(20-11-10-15(21)12-20)19-13-17(2,3)14-8-6-5-7-9-14;/h5-9,15,21H,4,10-13H2,1-3H3,(H,18,19);1H/t15-;/m1./s1. The van der Waals surface area contributed by atoms with Crippen molar-refractivity contribution in [3.8, 4) is 0 Å². The van der Waals surface area contributed by atoms with Crippen molar-refractivity contribution in [1.82, 2.24) is 10.2 Å². The molecule has 0 unspecified atom stereocenters. The summed E-state index contributed by atoms with van der Waals surface area (Å²) in [4.78, 5) is 6.95. The molecule has 0 aromatic heterocycles. The van der Waals surface area contributed by atoms with Crippen molar-refractivity contribution in [2.45, 2.75) is 38.7 Å². The molecule has 22 heavy (non-hydrogen) atoms. The van der Waals surface area contributed by atoms with E-state index in [2.05, 4.69) is 55.3 Å². The molecule has 0 spiro atoms. The fourth-order valence-corrected chi connectivity index (χ4v) is 2.61. The molecule has 1 heterocycles. The molecule has 2 N–H and O–H groups in total. The van der Waals surface area contributed by atoms with Gasteiger partial charge in [0, 0.05) is 25.0 Å². The molecular weight excluding hydrogens is 389 g/mol. The maximum Gasteiger partial charge on any atom is 0.194 e. The molecule has 1 aliphatic heterocycles. The van der Waals surface area contributed by atoms with Crippen molar-refractivity contribution >= 4 is 29.9 Å². The molecule has 2 rings (SSSR count). The quantitative estimate of drug-likeness (QED) is 0.450. The Morgan fingerprint density at radius 1 is 1.36 bits per heavy atom. The first-order valence-electron chi connectivity index (χ1n) is 7.80. The predicted molar refractivity (Wildman–Crippen MR) is 103 cm³/mol. The minimum Gasteiger partial charge on any atom is -0.391 e. The number of rotatable bonds is 4. The van der Waals surface area contributed by atoms with Crippen LogP contribution >= 0.6 is 24.0 Å². The van der Waals surface area contributed by atoms with Crippen molar-refractivity contribution in [1.29, 1.82) is 0 Å². The topological polar surface area (TPSA) is 47.9 Å². The normalized spacial score (nSPS) is 19.0. The van der Waals surface area contributed by atoms with E-state index < -0.39 is 0 Å². The summed E-state index contributed by atoms with van der Waals surface area (Å²) in [6.07, 6.45) is 0.600. The lowest BCUT2D eigenvalue weighted by atomic mass is 9.85. The lowest BCUT2D eigenvalue weighted by Gasteiger charge is -2.26. The van der Waals surface area contributed by atoms with Gasteiger partial charge in [0.2, 0.25) is 0 Å². The Labute approximate surface area is 151 Å². The molecule has 1 saturated heterocycles. The van der Waals surface area contributed by atoms with Gasteiger partial charge < -0.3 is 15.3 Å². The molecule has 1 aromatic carbocycles. The number of β-amino-alcohol motifs (C(OH)–C–C–N with tert-alkyl or cyclic N) is 1. The van der Waals surface area contributed by atoms with Gasteiger partial charge in [-0.2, -0.15) is 0 Å². The van der Waals surface area contributed by atoms with Crippen molar-refractivity contribution in [3.63, 3.8) is 0 Å². The van der Waals surface area contributed by atoms with Gasteiger partial charge in [0.15, 0.2) is 5.96 Å². The summed E-state index contributed by atoms with van der Waals surface area (Å²) in [5.74, 6) is 0.915. The van der Waals surface area contributed by atoms with Gasteiger partial charge in [-0.05, 0) is 18.9 Å². The van der Waals surface area contributed by atoms with E-state index in [4.69, 9.17) is 4.99 Å². The van der Waals surface area contributed by atoms with Crippen LogP contribution in [0.25, 0.3) is 0 Å². The van der Waals surface area contributed by atoms with Gasteiger partial charge in [-0.1, -0.05) is 44.2 Å². The second-order valence-corrected chi connectivity index (χ2v) is 6.31. The third-order valence-electron chi connectivity index (χ3n) is 3.98. The van der Waals surface area contributed by atoms with E-state index in [1.807, 2.05) is 6.07 Å². The summed E-state index contributed by atoms with van der Waals surface area (Å²) < 4.78 is 0. The van der Waals surface area contributed by atoms with E-state index in [1.165, 1.54) is 5.56 Å². The average molecular weight is 417 g/mol. The minimum atomic E-state index is -0.226. The summed E-state index contributed by atoms with van der Waals surface area (Å²) in [7, 11) is 0. The van der Waals surface area contributed by atoms with Crippen molar-refractivity contribution < 1.29 is 5.11 Å². The number of benzene rings is 1. The highest BCUT2D eigenvalue weighted by atomic mass is 127. The molecule has 0 aliphatic carbocycles. The average Bonchev–Trinajstić information content (AvgIpc) is 2.91. The SMILES string of the molecule is CCNC(=NCC(C)(C)c1ccccc1)N1CC[C@@H](O)C1.I. The van der Waals surface area contributed by atoms with Crippen LogP contribution in [0.3, 0.4) is 0 Å². The monoisotopic (exact) mass is 417 g/mol. The summed E-state index contributed by atoms with van der Waals surface area (Å²) in [5, 5.41) is 13.0. The summed E-state index contributed by atoms with van der Waals surface area (Å²) >= 11 is 0. The van der Waals surface area contributed by atoms with Gasteiger partial charge in [0.25, 0.3) is 0 Å². The maximum atomic E-state index is 9.70. The van der Waals surface area contributed by atoms with Crippen LogP contribution in [0, 0.1) is 0 Å². The smallest absolute Gasteiger partial charge is 0.194 e. The van der Waals surface area contributed by atoms with Crippen LogP contribution in [0.15, 0.2) is 35.3 Å². The molecule has 124 valence electrons. The van der Waals surface area contributed by atoms with Crippen LogP contribution in [0.1, 0.15) is 32.8 Å². The number of guanidine groups is 1. The fourth-order valence-electron chi connectivity index (χ4n) is 2.61. The number of nitrogens with zero attached hydrogens (tertiary/aromatic N) is 2. The van der Waals surface area contributed by atoms with Gasteiger partial charge in [-0.3, -0.25) is 4.99 Å². The Morgan fingerprint density at radius 3 is 2.59 bits per heavy atom. The van der Waals surface area contributed by atoms with E-state index >= 15 is 0 Å². The summed E-state index contributed by atoms with van der Waals surface area (Å²) in [6.45, 7) is 9.63. The predicted octanol–water partition coefficient (Wildman–Crippen LogP) is 2.61. The molecule has 0 bridgehead atoms. The van der Waals surface area contributed by atoms with Crippen LogP contribution in [0.4, 0.5) is 0 Å². The van der Waals surface area contributed by atoms with Gasteiger partial charge in [0.05, 0.1) is 12.6 Å². The van der Waals surface area contributed by atoms with Crippen LogP contribution in [-0.4, -0.2) is 48.2 Å². The Morgan fingerprint density at radius 2 is 2.05 bits per heavy atom. The van der Waals surface area contributed by atoms with E-state index in [0.29, 0.717) is 6.54 Å². The van der Waals surface area contributed by atoms with Crippen LogP contribution < -0.4 is 5.32 Å². The van der Waals surface area contributed by atoms with Crippen LogP contribution in [0.5, 0.6) is 0 Å². The number of aliphatic imine (C=N–C) groups is 1. The van der Waals surface area contributed by atoms with Gasteiger partial charge in [0.1, 0.15) is 0 Å². The highest BCUT2D eigenvalue weighted by Crippen LogP contribution is 2.23. The number of aliphatic hydroxyl groups is 1. The molecule has 5 heteroatoms. The Hall–Kier alpha value is -0.820. The molecule has 1 atom stereocenters. The van der Waals surface area contributed by atoms with E-state index in [0.717, 1.165) is 32.0 Å². The van der Waals surface area contributed by atoms with Gasteiger partial charge in [-0.25, -0.2) is 0 Å². The summed E-state index contributed by atoms with van der Waals surface area (Å²) in [6, 6.07) is 10.5. The third kappa shape index (κ3) is 5.12. The van der Waals surface area contributed by atoms with Crippen LogP contribution in [0.2, 0.25) is 0 Å². The maximum absolute atomic E-state index is 9.70. The van der Waals surface area contributed by atoms with Crippen molar-refractivity contribution in [3.05, 3.63) is 35.9 Å². The number of likely N-dealkylation sites (tertiary alicyclic amines) is 1. The van der Waals surface area contributed by atoms with E-state index in [9.17, 15) is 5.11 Å². The highest BCUT2D eigenvalue weighted by Gasteiger charge is 2.25. The van der Waals surface area contributed by atoms with E-state index in [-0.39, 0.29) is 35.5 Å². The lowest BCUT2D eigenvalue weighted by molar-refractivity contribution is 0.187. The summed E-state index contributed by atoms with van der Waals surface area (Å²) in [5.41, 5.74) is 1.30. The molecule has 0 radical (unpaired) electrons. The number of hydrogen-bond donors (Lipinski definition) is 2. The fraction of sp³-hybridized carbons (Fsp3) is 0.588. The lowest BCUT2D eigenvalue weighted by Crippen LogP contribution is -2.41. The molecule has 0 amide bonds. The second kappa shape index (κ2) is 8.72. The Bertz CT molecular complexity index is 476. The third-order valence-corrected chi connectivity index (χ3v) is 3.98. The minimum absolute atomic E-state index is 0. The van der Waals surface area contributed by atoms with Gasteiger partial charge in [-0.15, -0.1) is 24.0 Å². The molecule has 1 fully saturated rings. The number of halogens is 1. The Balaban J connectivity index is 0.00000242. The zero-order valence-corrected chi connectivity index (χ0v) is 16.1. The molecule has 1 aromatic rings. The molecule has 0 saturated carbocycles. The molecular formula is C17H28IN3O. The zero-order valence-electron chi connectivity index (χ0n) is 13.7. The first-order valence-corrected chi connectivity index (χ1v) is 7.80. The largest absolute Gasteiger partial charge is 0.391 e. The highest BCUT2D eigenvalue weighted by molar-refractivity contribution is 14.0. The van der Waals surface area contributed by atoms with Crippen LogP contribution in [-0.2, 0) is 5.41 Å². The first-order chi connectivity index (χ1) is 10.0.